The third-order valence-corrected chi connectivity index (χ3v) is 4.15. The molecule has 0 aliphatic rings. The van der Waals surface area contributed by atoms with Crippen LogP contribution in [0.1, 0.15) is 15.9 Å². The van der Waals surface area contributed by atoms with Crippen LogP contribution in [0.25, 0.3) is 10.9 Å². The number of carboxylic acids is 1. The highest BCUT2D eigenvalue weighted by atomic mass is 35.5. The molecule has 1 heterocycles. The van der Waals surface area contributed by atoms with Crippen LogP contribution in [0, 0.1) is 0 Å². The van der Waals surface area contributed by atoms with Gasteiger partial charge in [0, 0.05) is 0 Å². The lowest BCUT2D eigenvalue weighted by molar-refractivity contribution is 0.0697. The predicted molar refractivity (Wildman–Crippen MR) is 88.5 cm³/mol. The molecule has 0 bridgehead atoms. The van der Waals surface area contributed by atoms with E-state index in [1.165, 1.54) is 29.1 Å². The van der Waals surface area contributed by atoms with Gasteiger partial charge in [-0.15, -0.1) is 0 Å². The van der Waals surface area contributed by atoms with Crippen molar-refractivity contribution in [1.29, 1.82) is 0 Å². The number of hydrogen-bond donors (Lipinski definition) is 1. The largest absolute Gasteiger partial charge is 0.478 e. The van der Waals surface area contributed by atoms with Crippen LogP contribution in [0.5, 0.6) is 0 Å². The normalized spacial score (nSPS) is 10.9. The maximum absolute atomic E-state index is 12.5. The number of rotatable bonds is 3. The van der Waals surface area contributed by atoms with Crippen molar-refractivity contribution < 1.29 is 9.90 Å². The molecule has 0 radical (unpaired) electrons. The van der Waals surface area contributed by atoms with E-state index in [1.54, 1.807) is 18.2 Å². The second-order valence-corrected chi connectivity index (χ2v) is 5.78. The Morgan fingerprint density at radius 3 is 2.61 bits per heavy atom. The fourth-order valence-electron chi connectivity index (χ4n) is 2.24. The molecule has 2 aromatic carbocycles. The lowest BCUT2D eigenvalue weighted by Crippen LogP contribution is -2.21. The third-order valence-electron chi connectivity index (χ3n) is 3.41. The first-order valence-electron chi connectivity index (χ1n) is 6.62. The SMILES string of the molecule is O=C(O)c1ccc2ncn(Cc3ccc(Cl)c(Cl)c3)c(=O)c2c1. The number of halogens is 2. The average Bonchev–Trinajstić information content (AvgIpc) is 2.53. The Balaban J connectivity index is 2.07. The summed E-state index contributed by atoms with van der Waals surface area (Å²) in [6, 6.07) is 9.36. The van der Waals surface area contributed by atoms with E-state index in [0.29, 0.717) is 15.6 Å². The van der Waals surface area contributed by atoms with E-state index in [0.717, 1.165) is 5.56 Å². The van der Waals surface area contributed by atoms with E-state index in [2.05, 4.69) is 4.98 Å². The molecule has 3 rings (SSSR count). The summed E-state index contributed by atoms with van der Waals surface area (Å²) in [5, 5.41) is 10.1. The first-order valence-corrected chi connectivity index (χ1v) is 7.38. The van der Waals surface area contributed by atoms with Crippen LogP contribution in [-0.2, 0) is 6.54 Å². The zero-order valence-corrected chi connectivity index (χ0v) is 13.2. The van der Waals surface area contributed by atoms with Crippen molar-refractivity contribution in [3.63, 3.8) is 0 Å². The van der Waals surface area contributed by atoms with Gasteiger partial charge >= 0.3 is 5.97 Å². The smallest absolute Gasteiger partial charge is 0.335 e. The Hall–Kier alpha value is -2.37. The molecule has 0 unspecified atom stereocenters. The van der Waals surface area contributed by atoms with Gasteiger partial charge in [0.05, 0.1) is 39.4 Å². The molecule has 1 N–H and O–H groups in total. The Kier molecular flexibility index (Phi) is 4.07. The zero-order valence-electron chi connectivity index (χ0n) is 11.7. The molecule has 0 amide bonds. The van der Waals surface area contributed by atoms with E-state index in [9.17, 15) is 9.59 Å². The summed E-state index contributed by atoms with van der Waals surface area (Å²) in [5.74, 6) is -1.09. The molecule has 1 aromatic heterocycles. The molecule has 3 aromatic rings. The fourth-order valence-corrected chi connectivity index (χ4v) is 2.56. The van der Waals surface area contributed by atoms with Crippen LogP contribution in [0.15, 0.2) is 47.5 Å². The zero-order chi connectivity index (χ0) is 16.6. The summed E-state index contributed by atoms with van der Waals surface area (Å²) in [6.07, 6.45) is 1.42. The van der Waals surface area contributed by atoms with Crippen LogP contribution < -0.4 is 5.56 Å². The molecule has 0 saturated heterocycles. The number of aromatic nitrogens is 2. The minimum absolute atomic E-state index is 0.0451. The molecule has 5 nitrogen and oxygen atoms in total. The number of fused-ring (bicyclic) bond motifs is 1. The van der Waals surface area contributed by atoms with Gasteiger partial charge in [0.1, 0.15) is 0 Å². The summed E-state index contributed by atoms with van der Waals surface area (Å²) < 4.78 is 1.40. The van der Waals surface area contributed by atoms with Crippen molar-refractivity contribution in [2.45, 2.75) is 6.54 Å². The molecule has 116 valence electrons. The standard InChI is InChI=1S/C16H10Cl2N2O3/c17-12-3-1-9(5-13(12)18)7-20-8-19-14-4-2-10(16(22)23)6-11(14)15(20)21/h1-6,8H,7H2,(H,22,23). The van der Waals surface area contributed by atoms with E-state index in [-0.39, 0.29) is 23.1 Å². The maximum Gasteiger partial charge on any atom is 0.335 e. The van der Waals surface area contributed by atoms with Crippen molar-refractivity contribution >= 4 is 40.1 Å². The molecule has 0 fully saturated rings. The predicted octanol–water partition coefficient (Wildman–Crippen LogP) is 3.45. The molecule has 0 spiro atoms. The van der Waals surface area contributed by atoms with Gasteiger partial charge in [-0.1, -0.05) is 29.3 Å². The van der Waals surface area contributed by atoms with E-state index >= 15 is 0 Å². The van der Waals surface area contributed by atoms with Crippen LogP contribution in [0.3, 0.4) is 0 Å². The molecule has 0 aliphatic heterocycles. The second kappa shape index (κ2) is 6.02. The van der Waals surface area contributed by atoms with Gasteiger partial charge in [-0.3, -0.25) is 9.36 Å². The molecular formula is C16H10Cl2N2O3. The van der Waals surface area contributed by atoms with E-state index in [1.807, 2.05) is 0 Å². The minimum Gasteiger partial charge on any atom is -0.478 e. The van der Waals surface area contributed by atoms with Crippen molar-refractivity contribution in [3.05, 3.63) is 74.3 Å². The quantitative estimate of drug-likeness (QED) is 0.786. The Labute approximate surface area is 140 Å². The van der Waals surface area contributed by atoms with Gasteiger partial charge in [0.15, 0.2) is 0 Å². The fraction of sp³-hybridized carbons (Fsp3) is 0.0625. The number of carbonyl (C=O) groups is 1. The topological polar surface area (TPSA) is 72.2 Å². The Morgan fingerprint density at radius 2 is 1.91 bits per heavy atom. The van der Waals surface area contributed by atoms with Gasteiger partial charge in [0.2, 0.25) is 0 Å². The molecule has 0 atom stereocenters. The van der Waals surface area contributed by atoms with Gasteiger partial charge in [-0.25, -0.2) is 9.78 Å². The van der Waals surface area contributed by atoms with Crippen LogP contribution >= 0.6 is 23.2 Å². The van der Waals surface area contributed by atoms with E-state index in [4.69, 9.17) is 28.3 Å². The number of hydrogen-bond acceptors (Lipinski definition) is 3. The summed E-state index contributed by atoms with van der Waals surface area (Å²) in [6.45, 7) is 0.260. The number of nitrogens with zero attached hydrogens (tertiary/aromatic N) is 2. The lowest BCUT2D eigenvalue weighted by atomic mass is 10.1. The Morgan fingerprint density at radius 1 is 1.13 bits per heavy atom. The first-order chi connectivity index (χ1) is 11.0. The summed E-state index contributed by atoms with van der Waals surface area (Å²) in [4.78, 5) is 27.8. The highest BCUT2D eigenvalue weighted by molar-refractivity contribution is 6.42. The summed E-state index contributed by atoms with van der Waals surface area (Å²) in [7, 11) is 0. The van der Waals surface area contributed by atoms with Gasteiger partial charge in [0.25, 0.3) is 5.56 Å². The molecule has 23 heavy (non-hydrogen) atoms. The molecule has 0 saturated carbocycles. The molecule has 7 heteroatoms. The lowest BCUT2D eigenvalue weighted by Gasteiger charge is -2.08. The molecular weight excluding hydrogens is 339 g/mol. The third kappa shape index (κ3) is 3.06. The highest BCUT2D eigenvalue weighted by Gasteiger charge is 2.09. The van der Waals surface area contributed by atoms with Crippen LogP contribution in [0.2, 0.25) is 10.0 Å². The molecule has 0 aliphatic carbocycles. The van der Waals surface area contributed by atoms with E-state index < -0.39 is 5.97 Å². The second-order valence-electron chi connectivity index (χ2n) is 4.96. The summed E-state index contributed by atoms with van der Waals surface area (Å²) >= 11 is 11.8. The van der Waals surface area contributed by atoms with Crippen LogP contribution in [-0.4, -0.2) is 20.6 Å². The van der Waals surface area contributed by atoms with Crippen molar-refractivity contribution in [2.24, 2.45) is 0 Å². The average molecular weight is 349 g/mol. The number of carboxylic acid groups (broad SMARTS) is 1. The number of benzene rings is 2. The minimum atomic E-state index is -1.09. The maximum atomic E-state index is 12.5. The van der Waals surface area contributed by atoms with Gasteiger partial charge < -0.3 is 5.11 Å². The first kappa shape index (κ1) is 15.5. The Bertz CT molecular complexity index is 983. The van der Waals surface area contributed by atoms with Crippen molar-refractivity contribution in [1.82, 2.24) is 9.55 Å². The van der Waals surface area contributed by atoms with Crippen LogP contribution in [0.4, 0.5) is 0 Å². The number of aromatic carboxylic acids is 1. The van der Waals surface area contributed by atoms with Crippen molar-refractivity contribution in [2.75, 3.05) is 0 Å². The van der Waals surface area contributed by atoms with Gasteiger partial charge in [-0.2, -0.15) is 0 Å². The highest BCUT2D eigenvalue weighted by Crippen LogP contribution is 2.22. The monoisotopic (exact) mass is 348 g/mol. The van der Waals surface area contributed by atoms with Crippen molar-refractivity contribution in [3.8, 4) is 0 Å². The van der Waals surface area contributed by atoms with Gasteiger partial charge in [-0.05, 0) is 35.9 Å². The summed E-state index contributed by atoms with van der Waals surface area (Å²) in [5.41, 5.74) is 0.968.